The van der Waals surface area contributed by atoms with Crippen LogP contribution in [0.1, 0.15) is 27.6 Å². The van der Waals surface area contributed by atoms with Crippen molar-refractivity contribution in [3.8, 4) is 0 Å². The first-order valence-corrected chi connectivity index (χ1v) is 6.72. The van der Waals surface area contributed by atoms with Crippen molar-refractivity contribution in [3.63, 3.8) is 0 Å². The lowest BCUT2D eigenvalue weighted by atomic mass is 10.1. The van der Waals surface area contributed by atoms with Gasteiger partial charge in [0.2, 0.25) is 11.6 Å². The maximum absolute atomic E-state index is 11.9. The molecule has 7 heteroatoms. The van der Waals surface area contributed by atoms with Gasteiger partial charge in [0.15, 0.2) is 0 Å². The van der Waals surface area contributed by atoms with E-state index >= 15 is 0 Å². The molecule has 0 aliphatic rings. The summed E-state index contributed by atoms with van der Waals surface area (Å²) >= 11 is 0. The molecule has 22 heavy (non-hydrogen) atoms. The first-order valence-electron chi connectivity index (χ1n) is 6.72. The Kier molecular flexibility index (Phi) is 3.86. The zero-order valence-corrected chi connectivity index (χ0v) is 11.6. The Morgan fingerprint density at radius 1 is 1.18 bits per heavy atom. The van der Waals surface area contributed by atoms with Gasteiger partial charge in [-0.05, 0) is 23.8 Å². The molecule has 0 unspecified atom stereocenters. The topological polar surface area (TPSA) is 104 Å². The van der Waals surface area contributed by atoms with Crippen LogP contribution in [-0.4, -0.2) is 36.7 Å². The fourth-order valence-electron chi connectivity index (χ4n) is 2.10. The normalized spacial score (nSPS) is 10.5. The van der Waals surface area contributed by atoms with Gasteiger partial charge in [0, 0.05) is 30.2 Å². The van der Waals surface area contributed by atoms with Crippen molar-refractivity contribution in [3.05, 3.63) is 65.8 Å². The maximum atomic E-state index is 11.9. The molecule has 0 spiro atoms. The molecule has 0 fully saturated rings. The summed E-state index contributed by atoms with van der Waals surface area (Å²) in [5.74, 6) is -1.35. The van der Waals surface area contributed by atoms with Crippen molar-refractivity contribution in [2.45, 2.75) is 12.8 Å². The number of hydrogen-bond acceptors (Lipinski definition) is 5. The molecule has 0 amide bonds. The summed E-state index contributed by atoms with van der Waals surface area (Å²) in [5, 5.41) is 6.03. The van der Waals surface area contributed by atoms with Gasteiger partial charge in [-0.1, -0.05) is 6.07 Å². The molecule has 0 aliphatic heterocycles. The van der Waals surface area contributed by atoms with E-state index in [1.165, 1.54) is 6.33 Å². The third-order valence-electron chi connectivity index (χ3n) is 3.14. The average Bonchev–Trinajstić information content (AvgIpc) is 3.19. The summed E-state index contributed by atoms with van der Waals surface area (Å²) in [5.41, 5.74) is 2.63. The van der Waals surface area contributed by atoms with E-state index in [2.05, 4.69) is 25.1 Å². The van der Waals surface area contributed by atoms with Crippen molar-refractivity contribution in [2.24, 2.45) is 0 Å². The highest BCUT2D eigenvalue weighted by Crippen LogP contribution is 2.10. The van der Waals surface area contributed by atoms with Gasteiger partial charge in [0.1, 0.15) is 6.33 Å². The predicted octanol–water partition coefficient (Wildman–Crippen LogP) is 1.11. The quantitative estimate of drug-likeness (QED) is 0.523. The maximum Gasteiger partial charge on any atom is 0.267 e. The van der Waals surface area contributed by atoms with E-state index in [1.54, 1.807) is 6.20 Å². The highest BCUT2D eigenvalue weighted by Gasteiger charge is 2.20. The van der Waals surface area contributed by atoms with Crippen molar-refractivity contribution < 1.29 is 9.59 Å². The van der Waals surface area contributed by atoms with Crippen molar-refractivity contribution in [1.29, 1.82) is 0 Å². The second-order valence-corrected chi connectivity index (χ2v) is 4.78. The lowest BCUT2D eigenvalue weighted by Gasteiger charge is -1.96. The minimum absolute atomic E-state index is 0.00437. The number of carbonyl (C=O) groups excluding carboxylic acids is 2. The number of nitrogens with zero attached hydrogens (tertiary/aromatic N) is 3. The molecule has 0 bridgehead atoms. The van der Waals surface area contributed by atoms with Gasteiger partial charge in [-0.2, -0.15) is 0 Å². The molecule has 3 heterocycles. The SMILES string of the molecule is O=C(Cc1cc(Cc2ccccn2)c[nH]1)C(=O)c1nc[nH]n1. The second kappa shape index (κ2) is 6.13. The van der Waals surface area contributed by atoms with E-state index in [4.69, 9.17) is 0 Å². The fraction of sp³-hybridized carbons (Fsp3) is 0.133. The first kappa shape index (κ1) is 13.9. The first-order chi connectivity index (χ1) is 10.7. The van der Waals surface area contributed by atoms with Crippen molar-refractivity contribution >= 4 is 11.6 Å². The molecular formula is C15H13N5O2. The Morgan fingerprint density at radius 2 is 2.09 bits per heavy atom. The van der Waals surface area contributed by atoms with Crippen LogP contribution in [0.4, 0.5) is 0 Å². The smallest absolute Gasteiger partial charge is 0.267 e. The largest absolute Gasteiger partial charge is 0.364 e. The van der Waals surface area contributed by atoms with E-state index in [0.29, 0.717) is 12.1 Å². The number of pyridine rings is 1. The Labute approximate surface area is 125 Å². The number of rotatable bonds is 6. The molecule has 2 N–H and O–H groups in total. The zero-order chi connectivity index (χ0) is 15.4. The van der Waals surface area contributed by atoms with E-state index in [-0.39, 0.29) is 12.2 Å². The van der Waals surface area contributed by atoms with Crippen LogP contribution in [0.3, 0.4) is 0 Å². The summed E-state index contributed by atoms with van der Waals surface area (Å²) in [6, 6.07) is 7.58. The van der Waals surface area contributed by atoms with Crippen LogP contribution >= 0.6 is 0 Å². The molecule has 0 atom stereocenters. The fourth-order valence-corrected chi connectivity index (χ4v) is 2.10. The van der Waals surface area contributed by atoms with Gasteiger partial charge in [0.25, 0.3) is 5.78 Å². The Bertz CT molecular complexity index is 777. The lowest BCUT2D eigenvalue weighted by Crippen LogP contribution is -2.18. The number of ketones is 2. The molecule has 7 nitrogen and oxygen atoms in total. The Hall–Kier alpha value is -3.09. The zero-order valence-electron chi connectivity index (χ0n) is 11.6. The molecule has 0 saturated heterocycles. The number of hydrogen-bond donors (Lipinski definition) is 2. The summed E-state index contributed by atoms with van der Waals surface area (Å²) in [6.07, 6.45) is 5.48. The number of carbonyl (C=O) groups is 2. The molecular weight excluding hydrogens is 282 g/mol. The van der Waals surface area contributed by atoms with Gasteiger partial charge in [-0.3, -0.25) is 19.7 Å². The Morgan fingerprint density at radius 3 is 2.82 bits per heavy atom. The number of aromatic amines is 2. The third-order valence-corrected chi connectivity index (χ3v) is 3.14. The standard InChI is InChI=1S/C15H13N5O2/c21-13(14(22)15-18-9-19-20-15)7-12-6-10(8-17-12)5-11-3-1-2-4-16-11/h1-4,6,8-9,17H,5,7H2,(H,18,19,20). The van der Waals surface area contributed by atoms with Gasteiger partial charge < -0.3 is 4.98 Å². The molecule has 3 aromatic rings. The molecule has 0 saturated carbocycles. The number of aromatic nitrogens is 5. The highest BCUT2D eigenvalue weighted by molar-refractivity contribution is 6.43. The highest BCUT2D eigenvalue weighted by atomic mass is 16.2. The van der Waals surface area contributed by atoms with Crippen molar-refractivity contribution in [1.82, 2.24) is 25.1 Å². The van der Waals surface area contributed by atoms with Gasteiger partial charge >= 0.3 is 0 Å². The minimum atomic E-state index is -0.692. The monoisotopic (exact) mass is 295 g/mol. The molecule has 3 rings (SSSR count). The van der Waals surface area contributed by atoms with E-state index < -0.39 is 11.6 Å². The summed E-state index contributed by atoms with van der Waals surface area (Å²) in [7, 11) is 0. The summed E-state index contributed by atoms with van der Waals surface area (Å²) in [6.45, 7) is 0. The average molecular weight is 295 g/mol. The number of nitrogens with one attached hydrogen (secondary N) is 2. The summed E-state index contributed by atoms with van der Waals surface area (Å²) in [4.78, 5) is 34.6. The van der Waals surface area contributed by atoms with Crippen LogP contribution < -0.4 is 0 Å². The van der Waals surface area contributed by atoms with Gasteiger partial charge in [0.05, 0.1) is 6.42 Å². The Balaban J connectivity index is 1.64. The molecule has 110 valence electrons. The molecule has 0 aliphatic carbocycles. The minimum Gasteiger partial charge on any atom is -0.364 e. The van der Waals surface area contributed by atoms with E-state index in [0.717, 1.165) is 11.3 Å². The second-order valence-electron chi connectivity index (χ2n) is 4.78. The van der Waals surface area contributed by atoms with Crippen LogP contribution in [0.25, 0.3) is 0 Å². The number of H-pyrrole nitrogens is 2. The lowest BCUT2D eigenvalue weighted by molar-refractivity contribution is -0.114. The molecule has 3 aromatic heterocycles. The van der Waals surface area contributed by atoms with Crippen LogP contribution in [0.2, 0.25) is 0 Å². The van der Waals surface area contributed by atoms with Crippen molar-refractivity contribution in [2.75, 3.05) is 0 Å². The van der Waals surface area contributed by atoms with Crippen LogP contribution in [0.15, 0.2) is 43.0 Å². The van der Waals surface area contributed by atoms with Gasteiger partial charge in [-0.25, -0.2) is 4.98 Å². The van der Waals surface area contributed by atoms with Crippen LogP contribution in [-0.2, 0) is 17.6 Å². The predicted molar refractivity (Wildman–Crippen MR) is 77.3 cm³/mol. The molecule has 0 aromatic carbocycles. The van der Waals surface area contributed by atoms with Gasteiger partial charge in [-0.15, -0.1) is 5.10 Å². The van der Waals surface area contributed by atoms with E-state index in [9.17, 15) is 9.59 Å². The van der Waals surface area contributed by atoms with E-state index in [1.807, 2.05) is 30.5 Å². The summed E-state index contributed by atoms with van der Waals surface area (Å²) < 4.78 is 0. The van der Waals surface area contributed by atoms with Crippen LogP contribution in [0.5, 0.6) is 0 Å². The van der Waals surface area contributed by atoms with Crippen LogP contribution in [0, 0.1) is 0 Å². The third kappa shape index (κ3) is 3.14. The number of Topliss-reactive ketones (excluding diaryl/α,β-unsaturated/α-hetero) is 2. The molecule has 0 radical (unpaired) electrons.